The molecule has 0 saturated heterocycles. The summed E-state index contributed by atoms with van der Waals surface area (Å²) in [6, 6.07) is 14.2. The number of carbonyl (C=O) groups excluding carboxylic acids is 2. The molecule has 2 aromatic rings. The van der Waals surface area contributed by atoms with E-state index in [1.807, 2.05) is 25.1 Å². The van der Waals surface area contributed by atoms with Gasteiger partial charge in [0.1, 0.15) is 0 Å². The van der Waals surface area contributed by atoms with E-state index in [0.717, 1.165) is 47.4 Å². The smallest absolute Gasteiger partial charge is 0.162 e. The van der Waals surface area contributed by atoms with Crippen molar-refractivity contribution in [2.75, 3.05) is 13.2 Å². The Morgan fingerprint density at radius 3 is 2.07 bits per heavy atom. The second-order valence-corrected chi connectivity index (χ2v) is 13.4. The lowest BCUT2D eigenvalue weighted by atomic mass is 9.63. The van der Waals surface area contributed by atoms with Crippen molar-refractivity contribution >= 4 is 11.6 Å². The maximum atomic E-state index is 14.1. The molecule has 1 heterocycles. The molecule has 0 spiro atoms. The fraction of sp³-hybridized carbons (Fsp3) is 0.444. The van der Waals surface area contributed by atoms with Gasteiger partial charge in [-0.2, -0.15) is 0 Å². The summed E-state index contributed by atoms with van der Waals surface area (Å²) in [5.74, 6) is 0.192. The number of aromatic hydroxyl groups is 1. The van der Waals surface area contributed by atoms with E-state index < -0.39 is 5.92 Å². The summed E-state index contributed by atoms with van der Waals surface area (Å²) in [6.07, 6.45) is 5.43. The van der Waals surface area contributed by atoms with E-state index in [9.17, 15) is 14.7 Å². The van der Waals surface area contributed by atoms with Crippen molar-refractivity contribution in [2.45, 2.75) is 79.1 Å². The fourth-order valence-electron chi connectivity index (χ4n) is 6.97. The van der Waals surface area contributed by atoms with E-state index in [1.165, 1.54) is 5.56 Å². The van der Waals surface area contributed by atoms with E-state index in [2.05, 4.69) is 63.4 Å². The van der Waals surface area contributed by atoms with Crippen molar-refractivity contribution in [1.29, 1.82) is 0 Å². The normalized spacial score (nSPS) is 20.2. The van der Waals surface area contributed by atoms with Crippen LogP contribution in [0.25, 0.3) is 0 Å². The molecule has 41 heavy (non-hydrogen) atoms. The highest BCUT2D eigenvalue weighted by Gasteiger charge is 2.49. The maximum Gasteiger partial charge on any atom is 0.162 e. The van der Waals surface area contributed by atoms with Crippen LogP contribution in [0.15, 0.2) is 77.7 Å². The molecule has 1 N–H and O–H groups in total. The van der Waals surface area contributed by atoms with Crippen LogP contribution in [-0.2, 0) is 22.4 Å². The number of phenolic OH excluding ortho intramolecular Hbond substituents is 1. The van der Waals surface area contributed by atoms with E-state index in [1.54, 1.807) is 6.08 Å². The number of rotatable bonds is 8. The number of hydrogen-bond donors (Lipinski definition) is 1. The van der Waals surface area contributed by atoms with E-state index in [-0.39, 0.29) is 28.1 Å². The molecule has 5 rings (SSSR count). The van der Waals surface area contributed by atoms with Gasteiger partial charge < -0.3 is 14.7 Å². The first-order chi connectivity index (χ1) is 19.4. The molecule has 2 aromatic carbocycles. The number of benzene rings is 2. The van der Waals surface area contributed by atoms with E-state index in [4.69, 9.17) is 4.74 Å². The molecule has 1 aliphatic heterocycles. The molecule has 0 bridgehead atoms. The lowest BCUT2D eigenvalue weighted by Crippen LogP contribution is -2.45. The maximum absolute atomic E-state index is 14.1. The van der Waals surface area contributed by atoms with E-state index >= 15 is 0 Å². The van der Waals surface area contributed by atoms with Gasteiger partial charge in [-0.3, -0.25) is 9.59 Å². The van der Waals surface area contributed by atoms with Crippen molar-refractivity contribution in [1.82, 2.24) is 4.90 Å². The lowest BCUT2D eigenvalue weighted by molar-refractivity contribution is -0.119. The summed E-state index contributed by atoms with van der Waals surface area (Å²) in [6.45, 7) is 15.5. The predicted molar refractivity (Wildman–Crippen MR) is 163 cm³/mol. The Hall–Kier alpha value is -3.60. The highest BCUT2D eigenvalue weighted by Crippen LogP contribution is 2.55. The summed E-state index contributed by atoms with van der Waals surface area (Å²) in [4.78, 5) is 30.6. The number of ether oxygens (including phenoxy) is 1. The average molecular weight is 554 g/mol. The zero-order valence-corrected chi connectivity index (χ0v) is 25.2. The first kappa shape index (κ1) is 28.9. The first-order valence-corrected chi connectivity index (χ1v) is 14.9. The summed E-state index contributed by atoms with van der Waals surface area (Å²) in [5, 5.41) is 11.0. The fourth-order valence-corrected chi connectivity index (χ4v) is 6.97. The zero-order chi connectivity index (χ0) is 29.5. The van der Waals surface area contributed by atoms with Crippen LogP contribution in [0.5, 0.6) is 11.5 Å². The van der Waals surface area contributed by atoms with Crippen molar-refractivity contribution in [2.24, 2.45) is 10.8 Å². The Bertz CT molecular complexity index is 1390. The average Bonchev–Trinajstić information content (AvgIpc) is 2.89. The standard InChI is InChI=1S/C36H43NO4/c1-7-12-24-17-25(18-30(34(24)40)41-8-2)31-32-26(19-35(3,4)21-28(32)38)37(16-15-23-13-10-9-11-14-23)27-20-36(5,6)22-29(39)33(27)31/h7,9-11,13-14,17-18,31,40H,1,8,12,15-16,19-22H2,2-6H3. The van der Waals surface area contributed by atoms with Gasteiger partial charge in [-0.25, -0.2) is 0 Å². The largest absolute Gasteiger partial charge is 0.504 e. The van der Waals surface area contributed by atoms with Gasteiger partial charge in [0.25, 0.3) is 0 Å². The zero-order valence-electron chi connectivity index (χ0n) is 25.2. The first-order valence-electron chi connectivity index (χ1n) is 14.9. The molecule has 5 heteroatoms. The molecule has 3 aliphatic rings. The van der Waals surface area contributed by atoms with Crippen molar-refractivity contribution < 1.29 is 19.4 Å². The van der Waals surface area contributed by atoms with Crippen LogP contribution >= 0.6 is 0 Å². The Kier molecular flexibility index (Phi) is 7.76. The van der Waals surface area contributed by atoms with E-state index in [0.29, 0.717) is 43.7 Å². The van der Waals surface area contributed by atoms with Crippen LogP contribution in [0, 0.1) is 10.8 Å². The molecule has 0 saturated carbocycles. The quantitative estimate of drug-likeness (QED) is 0.344. The topological polar surface area (TPSA) is 66.8 Å². The van der Waals surface area contributed by atoms with Crippen LogP contribution in [0.2, 0.25) is 0 Å². The van der Waals surface area contributed by atoms with Gasteiger partial charge >= 0.3 is 0 Å². The highest BCUT2D eigenvalue weighted by atomic mass is 16.5. The summed E-state index contributed by atoms with van der Waals surface area (Å²) in [7, 11) is 0. The molecule has 2 aliphatic carbocycles. The van der Waals surface area contributed by atoms with Gasteiger partial charge in [-0.1, -0.05) is 70.2 Å². The van der Waals surface area contributed by atoms with Crippen LogP contribution in [0.3, 0.4) is 0 Å². The van der Waals surface area contributed by atoms with Crippen molar-refractivity contribution in [3.63, 3.8) is 0 Å². The Balaban J connectivity index is 1.75. The summed E-state index contributed by atoms with van der Waals surface area (Å²) >= 11 is 0. The molecule has 0 aromatic heterocycles. The minimum absolute atomic E-state index is 0.0893. The van der Waals surface area contributed by atoms with Crippen LogP contribution in [0.1, 0.15) is 82.9 Å². The van der Waals surface area contributed by atoms with Gasteiger partial charge in [0.2, 0.25) is 0 Å². The van der Waals surface area contributed by atoms with Gasteiger partial charge in [0, 0.05) is 53.4 Å². The molecular weight excluding hydrogens is 510 g/mol. The molecular formula is C36H43NO4. The monoisotopic (exact) mass is 553 g/mol. The third kappa shape index (κ3) is 5.64. The molecule has 5 nitrogen and oxygen atoms in total. The van der Waals surface area contributed by atoms with Crippen LogP contribution in [0.4, 0.5) is 0 Å². The summed E-state index contributed by atoms with van der Waals surface area (Å²) in [5.41, 5.74) is 5.95. The molecule has 0 amide bonds. The molecule has 0 radical (unpaired) electrons. The Morgan fingerprint density at radius 2 is 1.54 bits per heavy atom. The summed E-state index contributed by atoms with van der Waals surface area (Å²) < 4.78 is 5.86. The Morgan fingerprint density at radius 1 is 0.951 bits per heavy atom. The van der Waals surface area contributed by atoms with Crippen molar-refractivity contribution in [3.8, 4) is 11.5 Å². The number of carbonyl (C=O) groups is 2. The second kappa shape index (κ2) is 11.0. The lowest BCUT2D eigenvalue weighted by Gasteiger charge is -2.49. The highest BCUT2D eigenvalue weighted by molar-refractivity contribution is 6.06. The third-order valence-electron chi connectivity index (χ3n) is 8.66. The minimum atomic E-state index is -0.483. The molecule has 0 atom stereocenters. The van der Waals surface area contributed by atoms with Gasteiger partial charge in [-0.15, -0.1) is 6.58 Å². The van der Waals surface area contributed by atoms with Crippen molar-refractivity contribution in [3.05, 3.63) is 94.4 Å². The molecule has 0 unspecified atom stereocenters. The Labute approximate surface area is 244 Å². The number of nitrogens with zero attached hydrogens (tertiary/aromatic N) is 1. The number of Topliss-reactive ketones (excluding diaryl/α,β-unsaturated/α-hetero) is 2. The number of phenols is 1. The third-order valence-corrected chi connectivity index (χ3v) is 8.66. The van der Waals surface area contributed by atoms with Gasteiger partial charge in [0.05, 0.1) is 6.61 Å². The van der Waals surface area contributed by atoms with Gasteiger partial charge in [-0.05, 0) is 60.6 Å². The molecule has 216 valence electrons. The number of ketones is 2. The number of hydrogen-bond acceptors (Lipinski definition) is 5. The van der Waals surface area contributed by atoms with Gasteiger partial charge in [0.15, 0.2) is 23.1 Å². The predicted octanol–water partition coefficient (Wildman–Crippen LogP) is 7.45. The van der Waals surface area contributed by atoms with Crippen LogP contribution < -0.4 is 4.74 Å². The van der Waals surface area contributed by atoms with Crippen LogP contribution in [-0.4, -0.2) is 34.7 Å². The second-order valence-electron chi connectivity index (χ2n) is 13.4. The molecule has 0 fully saturated rings. The minimum Gasteiger partial charge on any atom is -0.504 e. The SMILES string of the molecule is C=CCc1cc(C2C3=C(CC(C)(C)CC3=O)N(CCc3ccccc3)C3=C2C(=O)CC(C)(C)C3)cc(OCC)c1O. The number of allylic oxidation sites excluding steroid dienone is 5.